The van der Waals surface area contributed by atoms with Gasteiger partial charge < -0.3 is 9.47 Å². The molecule has 29 heavy (non-hydrogen) atoms. The molecule has 3 nitrogen and oxygen atoms in total. The molecule has 0 bridgehead atoms. The number of ether oxygens (including phenoxy) is 2. The molecule has 146 valence electrons. The van der Waals surface area contributed by atoms with E-state index in [0.717, 1.165) is 11.1 Å². The third-order valence-corrected chi connectivity index (χ3v) is 4.95. The standard InChI is InChI=1S/C23H16BrClFNO2/c1-28-22-12-16(9-18(13-27)17-5-7-19(25)8-6-17)11-21(24)23(22)29-14-15-3-2-4-20(26)10-15/h2-12H,14H2,1H3/b18-9+. The molecule has 3 aromatic carbocycles. The van der Waals surface area contributed by atoms with Gasteiger partial charge in [-0.15, -0.1) is 0 Å². The van der Waals surface area contributed by atoms with Crippen LogP contribution in [0.25, 0.3) is 11.6 Å². The van der Waals surface area contributed by atoms with Crippen molar-refractivity contribution in [3.8, 4) is 17.6 Å². The number of nitriles is 1. The minimum atomic E-state index is -0.316. The summed E-state index contributed by atoms with van der Waals surface area (Å²) in [5.74, 6) is 0.679. The van der Waals surface area contributed by atoms with Crippen molar-refractivity contribution in [2.75, 3.05) is 7.11 Å². The summed E-state index contributed by atoms with van der Waals surface area (Å²) in [7, 11) is 1.54. The van der Waals surface area contributed by atoms with Gasteiger partial charge in [-0.25, -0.2) is 4.39 Å². The molecule has 0 N–H and O–H groups in total. The summed E-state index contributed by atoms with van der Waals surface area (Å²) in [6.45, 7) is 0.191. The van der Waals surface area contributed by atoms with Gasteiger partial charge in [-0.1, -0.05) is 35.9 Å². The third kappa shape index (κ3) is 5.38. The highest BCUT2D eigenvalue weighted by Crippen LogP contribution is 2.38. The fourth-order valence-corrected chi connectivity index (χ4v) is 3.42. The maximum Gasteiger partial charge on any atom is 0.175 e. The van der Waals surface area contributed by atoms with Crippen molar-refractivity contribution in [1.29, 1.82) is 5.26 Å². The highest BCUT2D eigenvalue weighted by Gasteiger charge is 2.12. The van der Waals surface area contributed by atoms with Gasteiger partial charge in [0.05, 0.1) is 23.2 Å². The molecule has 3 rings (SSSR count). The van der Waals surface area contributed by atoms with E-state index in [4.69, 9.17) is 21.1 Å². The molecular formula is C23H16BrClFNO2. The van der Waals surface area contributed by atoms with E-state index in [9.17, 15) is 9.65 Å². The molecule has 0 spiro atoms. The Bertz CT molecular complexity index is 1090. The lowest BCUT2D eigenvalue weighted by Gasteiger charge is -2.14. The Kier molecular flexibility index (Phi) is 6.92. The van der Waals surface area contributed by atoms with E-state index in [-0.39, 0.29) is 12.4 Å². The van der Waals surface area contributed by atoms with Crippen LogP contribution in [0.2, 0.25) is 5.02 Å². The Morgan fingerprint density at radius 2 is 1.93 bits per heavy atom. The lowest BCUT2D eigenvalue weighted by atomic mass is 10.0. The van der Waals surface area contributed by atoms with Gasteiger partial charge in [0.2, 0.25) is 0 Å². The SMILES string of the molecule is COc1cc(/C=C(\C#N)c2ccc(Cl)cc2)cc(Br)c1OCc1cccc(F)c1. The van der Waals surface area contributed by atoms with Gasteiger partial charge in [0, 0.05) is 5.02 Å². The number of hydrogen-bond donors (Lipinski definition) is 0. The first-order chi connectivity index (χ1) is 14.0. The number of nitrogens with zero attached hydrogens (tertiary/aromatic N) is 1. The summed E-state index contributed by atoms with van der Waals surface area (Å²) < 4.78 is 25.3. The fraction of sp³-hybridized carbons (Fsp3) is 0.0870. The molecule has 0 unspecified atom stereocenters. The fourth-order valence-electron chi connectivity index (χ4n) is 2.72. The molecule has 0 aliphatic rings. The summed E-state index contributed by atoms with van der Waals surface area (Å²) in [6, 6.07) is 19.1. The lowest BCUT2D eigenvalue weighted by molar-refractivity contribution is 0.282. The van der Waals surface area contributed by atoms with Crippen LogP contribution < -0.4 is 9.47 Å². The number of hydrogen-bond acceptors (Lipinski definition) is 3. The monoisotopic (exact) mass is 471 g/mol. The van der Waals surface area contributed by atoms with E-state index in [1.165, 1.54) is 19.2 Å². The number of allylic oxidation sites excluding steroid dienone is 1. The maximum atomic E-state index is 13.4. The van der Waals surface area contributed by atoms with Crippen LogP contribution in [0.3, 0.4) is 0 Å². The first kappa shape index (κ1) is 20.9. The van der Waals surface area contributed by atoms with Crippen molar-refractivity contribution in [3.63, 3.8) is 0 Å². The number of benzene rings is 3. The molecule has 0 heterocycles. The van der Waals surface area contributed by atoms with Crippen molar-refractivity contribution >= 4 is 39.2 Å². The van der Waals surface area contributed by atoms with E-state index < -0.39 is 0 Å². The molecule has 0 amide bonds. The van der Waals surface area contributed by atoms with Crippen LogP contribution in [-0.4, -0.2) is 7.11 Å². The normalized spacial score (nSPS) is 11.1. The maximum absolute atomic E-state index is 13.4. The minimum absolute atomic E-state index is 0.191. The Labute approximate surface area is 182 Å². The second-order valence-corrected chi connectivity index (χ2v) is 7.42. The topological polar surface area (TPSA) is 42.2 Å². The second-order valence-electron chi connectivity index (χ2n) is 6.13. The highest BCUT2D eigenvalue weighted by atomic mass is 79.9. The van der Waals surface area contributed by atoms with Crippen LogP contribution in [0, 0.1) is 17.1 Å². The quantitative estimate of drug-likeness (QED) is 0.290. The summed E-state index contributed by atoms with van der Waals surface area (Å²) in [4.78, 5) is 0. The van der Waals surface area contributed by atoms with Crippen molar-refractivity contribution < 1.29 is 13.9 Å². The molecule has 0 aromatic heterocycles. The van der Waals surface area contributed by atoms with E-state index in [1.807, 2.05) is 6.07 Å². The minimum Gasteiger partial charge on any atom is -0.493 e. The summed E-state index contributed by atoms with van der Waals surface area (Å²) >= 11 is 9.42. The molecule has 0 radical (unpaired) electrons. The summed E-state index contributed by atoms with van der Waals surface area (Å²) in [6.07, 6.45) is 1.76. The van der Waals surface area contributed by atoms with E-state index in [2.05, 4.69) is 22.0 Å². The first-order valence-electron chi connectivity index (χ1n) is 8.62. The van der Waals surface area contributed by atoms with Gasteiger partial charge in [0.15, 0.2) is 11.5 Å². The zero-order chi connectivity index (χ0) is 20.8. The Balaban J connectivity index is 1.89. The molecule has 0 fully saturated rings. The van der Waals surface area contributed by atoms with Crippen molar-refractivity contribution in [3.05, 3.63) is 92.7 Å². The van der Waals surface area contributed by atoms with Gasteiger partial charge in [-0.2, -0.15) is 5.26 Å². The molecule has 6 heteroatoms. The van der Waals surface area contributed by atoms with Crippen molar-refractivity contribution in [2.24, 2.45) is 0 Å². The Morgan fingerprint density at radius 3 is 2.59 bits per heavy atom. The highest BCUT2D eigenvalue weighted by molar-refractivity contribution is 9.10. The molecule has 0 aliphatic carbocycles. The molecule has 0 aliphatic heterocycles. The van der Waals surface area contributed by atoms with Crippen molar-refractivity contribution in [2.45, 2.75) is 6.61 Å². The molecular weight excluding hydrogens is 457 g/mol. The van der Waals surface area contributed by atoms with E-state index in [1.54, 1.807) is 48.5 Å². The van der Waals surface area contributed by atoms with Crippen LogP contribution in [0.4, 0.5) is 4.39 Å². The Hall–Kier alpha value is -2.81. The van der Waals surface area contributed by atoms with E-state index >= 15 is 0 Å². The Morgan fingerprint density at radius 1 is 1.17 bits per heavy atom. The zero-order valence-corrected chi connectivity index (χ0v) is 17.8. The molecule has 0 atom stereocenters. The molecule has 0 saturated carbocycles. The molecule has 3 aromatic rings. The van der Waals surface area contributed by atoms with Gasteiger partial charge in [0.1, 0.15) is 12.4 Å². The summed E-state index contributed by atoms with van der Waals surface area (Å²) in [5.41, 5.74) is 2.72. The van der Waals surface area contributed by atoms with Gasteiger partial charge in [-0.3, -0.25) is 0 Å². The summed E-state index contributed by atoms with van der Waals surface area (Å²) in [5, 5.41) is 10.2. The smallest absolute Gasteiger partial charge is 0.175 e. The second kappa shape index (κ2) is 9.60. The van der Waals surface area contributed by atoms with E-state index in [0.29, 0.717) is 32.1 Å². The van der Waals surface area contributed by atoms with Crippen LogP contribution >= 0.6 is 27.5 Å². The number of rotatable bonds is 6. The van der Waals surface area contributed by atoms with Crippen LogP contribution in [0.1, 0.15) is 16.7 Å². The average Bonchev–Trinajstić information content (AvgIpc) is 2.71. The lowest BCUT2D eigenvalue weighted by Crippen LogP contribution is -1.99. The largest absolute Gasteiger partial charge is 0.493 e. The van der Waals surface area contributed by atoms with Crippen LogP contribution in [0.5, 0.6) is 11.5 Å². The van der Waals surface area contributed by atoms with Crippen LogP contribution in [0.15, 0.2) is 65.1 Å². The molecule has 0 saturated heterocycles. The van der Waals surface area contributed by atoms with Crippen LogP contribution in [-0.2, 0) is 6.61 Å². The average molecular weight is 473 g/mol. The first-order valence-corrected chi connectivity index (χ1v) is 9.80. The van der Waals surface area contributed by atoms with Gasteiger partial charge in [-0.05, 0) is 75.1 Å². The zero-order valence-electron chi connectivity index (χ0n) is 15.5. The van der Waals surface area contributed by atoms with Crippen molar-refractivity contribution in [1.82, 2.24) is 0 Å². The number of methoxy groups -OCH3 is 1. The van der Waals surface area contributed by atoms with Gasteiger partial charge >= 0.3 is 0 Å². The predicted octanol–water partition coefficient (Wildman–Crippen LogP) is 6.89. The van der Waals surface area contributed by atoms with Gasteiger partial charge in [0.25, 0.3) is 0 Å². The number of halogens is 3. The predicted molar refractivity (Wildman–Crippen MR) is 116 cm³/mol. The third-order valence-electron chi connectivity index (χ3n) is 4.11.